The summed E-state index contributed by atoms with van der Waals surface area (Å²) in [6.45, 7) is 2.29. The molecule has 0 aliphatic rings. The zero-order valence-corrected chi connectivity index (χ0v) is 25.1. The molecule has 0 aromatic heterocycles. The van der Waals surface area contributed by atoms with Crippen LogP contribution in [-0.4, -0.2) is 6.29 Å². The molecule has 0 saturated carbocycles. The highest BCUT2D eigenvalue weighted by molar-refractivity contribution is 5.50. The first-order chi connectivity index (χ1) is 18.4. The van der Waals surface area contributed by atoms with E-state index < -0.39 is 0 Å². The highest BCUT2D eigenvalue weighted by Gasteiger charge is 1.95. The van der Waals surface area contributed by atoms with E-state index in [4.69, 9.17) is 0 Å². The molecule has 1 radical (unpaired) electrons. The lowest BCUT2D eigenvalue weighted by Crippen LogP contribution is -1.83. The van der Waals surface area contributed by atoms with E-state index in [0.717, 1.165) is 19.3 Å². The molecule has 0 amide bonds. The zero-order chi connectivity index (χ0) is 26.7. The summed E-state index contributed by atoms with van der Waals surface area (Å²) in [5.41, 5.74) is 0. The van der Waals surface area contributed by atoms with Gasteiger partial charge in [-0.25, -0.2) is 0 Å². The highest BCUT2D eigenvalue weighted by atomic mass is 16.1. The number of unbranched alkanes of at least 4 members (excludes halogenated alkanes) is 28. The van der Waals surface area contributed by atoms with Crippen molar-refractivity contribution in [2.75, 3.05) is 0 Å². The lowest BCUT2D eigenvalue weighted by atomic mass is 10.0. The van der Waals surface area contributed by atoms with Gasteiger partial charge in [0, 0.05) is 19.3 Å². The van der Waals surface area contributed by atoms with Crippen molar-refractivity contribution in [1.82, 2.24) is 0 Å². The van der Waals surface area contributed by atoms with Gasteiger partial charge in [0.15, 0.2) is 6.29 Å². The van der Waals surface area contributed by atoms with Crippen LogP contribution in [0.3, 0.4) is 0 Å². The third kappa shape index (κ3) is 34.8. The maximum Gasteiger partial charge on any atom is 0.198 e. The zero-order valence-electron chi connectivity index (χ0n) is 25.1. The van der Waals surface area contributed by atoms with Crippen molar-refractivity contribution in [1.29, 1.82) is 0 Å². The fourth-order valence-corrected chi connectivity index (χ4v) is 4.98. The van der Waals surface area contributed by atoms with Crippen molar-refractivity contribution in [2.24, 2.45) is 0 Å². The molecule has 0 rings (SSSR count). The van der Waals surface area contributed by atoms with Crippen LogP contribution < -0.4 is 0 Å². The number of rotatable bonds is 29. The van der Waals surface area contributed by atoms with Crippen LogP contribution in [0.4, 0.5) is 0 Å². The largest absolute Gasteiger partial charge is 0.291 e. The topological polar surface area (TPSA) is 17.1 Å². The second kappa shape index (κ2) is 34.8. The van der Waals surface area contributed by atoms with Crippen molar-refractivity contribution in [3.05, 3.63) is 0 Å². The summed E-state index contributed by atoms with van der Waals surface area (Å²) in [4.78, 5) is 10.1. The minimum atomic E-state index is 0.624. The molecule has 0 unspecified atom stereocenters. The van der Waals surface area contributed by atoms with Gasteiger partial charge in [-0.1, -0.05) is 173 Å². The number of hydrogen-bond donors (Lipinski definition) is 0. The Labute approximate surface area is 234 Å². The Morgan fingerprint density at radius 1 is 0.324 bits per heavy atom. The minimum Gasteiger partial charge on any atom is -0.291 e. The average molecular weight is 512 g/mol. The van der Waals surface area contributed by atoms with Gasteiger partial charge in [0.1, 0.15) is 0 Å². The van der Waals surface area contributed by atoms with Gasteiger partial charge in [0.05, 0.1) is 0 Å². The van der Waals surface area contributed by atoms with Crippen molar-refractivity contribution in [3.8, 4) is 23.7 Å². The van der Waals surface area contributed by atoms with Crippen LogP contribution >= 0.6 is 0 Å². The SMILES string of the molecule is CCCCCCCCCCCCCCCCCC#CC#CCCCCCCCCCCCCCC[C]=O. The molecule has 0 atom stereocenters. The maximum absolute atomic E-state index is 10.1. The van der Waals surface area contributed by atoms with Crippen LogP contribution in [0.5, 0.6) is 0 Å². The molecule has 0 aliphatic carbocycles. The fraction of sp³-hybridized carbons (Fsp3) is 0.861. The van der Waals surface area contributed by atoms with Gasteiger partial charge in [-0.2, -0.15) is 0 Å². The van der Waals surface area contributed by atoms with Crippen LogP contribution in [0.15, 0.2) is 0 Å². The van der Waals surface area contributed by atoms with Gasteiger partial charge in [-0.15, -0.1) is 0 Å². The standard InChI is InChI=1S/C36H63O/c1-2-3-4-5-6-7-8-9-10-11-12-13-14-15-16-17-18-19-20-21-22-23-24-25-26-27-28-29-30-31-32-33-34-35-36-37/h2-17,22-35H2,1H3. The molecule has 0 aromatic rings. The Bertz CT molecular complexity index is 555. The first-order valence-electron chi connectivity index (χ1n) is 16.7. The van der Waals surface area contributed by atoms with Crippen LogP contribution in [-0.2, 0) is 4.79 Å². The Kier molecular flexibility index (Phi) is 33.7. The van der Waals surface area contributed by atoms with Crippen LogP contribution in [0.2, 0.25) is 0 Å². The van der Waals surface area contributed by atoms with E-state index in [9.17, 15) is 4.79 Å². The predicted molar refractivity (Wildman–Crippen MR) is 165 cm³/mol. The van der Waals surface area contributed by atoms with Crippen molar-refractivity contribution in [3.63, 3.8) is 0 Å². The molecule has 0 aliphatic heterocycles. The second-order valence-electron chi connectivity index (χ2n) is 11.2. The average Bonchev–Trinajstić information content (AvgIpc) is 2.91. The summed E-state index contributed by atoms with van der Waals surface area (Å²) in [5, 5.41) is 0. The van der Waals surface area contributed by atoms with Gasteiger partial charge >= 0.3 is 0 Å². The normalized spacial score (nSPS) is 10.5. The highest BCUT2D eigenvalue weighted by Crippen LogP contribution is 2.14. The molecule has 1 heteroatoms. The fourth-order valence-electron chi connectivity index (χ4n) is 4.98. The minimum absolute atomic E-state index is 0.624. The third-order valence-electron chi connectivity index (χ3n) is 7.48. The second-order valence-corrected chi connectivity index (χ2v) is 11.2. The lowest BCUT2D eigenvalue weighted by molar-refractivity contribution is 0.532. The Morgan fingerprint density at radius 2 is 0.568 bits per heavy atom. The first kappa shape index (κ1) is 35.8. The molecule has 37 heavy (non-hydrogen) atoms. The summed E-state index contributed by atoms with van der Waals surface area (Å²) in [6.07, 6.45) is 41.5. The molecule has 0 saturated heterocycles. The summed E-state index contributed by atoms with van der Waals surface area (Å²) in [7, 11) is 0. The van der Waals surface area contributed by atoms with Gasteiger partial charge in [0.25, 0.3) is 0 Å². The van der Waals surface area contributed by atoms with E-state index >= 15 is 0 Å². The first-order valence-corrected chi connectivity index (χ1v) is 16.7. The molecule has 0 bridgehead atoms. The van der Waals surface area contributed by atoms with E-state index in [2.05, 4.69) is 30.6 Å². The number of hydrogen-bond acceptors (Lipinski definition) is 1. The summed E-state index contributed by atoms with van der Waals surface area (Å²) in [6, 6.07) is 0. The summed E-state index contributed by atoms with van der Waals surface area (Å²) in [5.74, 6) is 12.6. The molecule has 0 spiro atoms. The molecule has 0 fully saturated rings. The molecule has 213 valence electrons. The van der Waals surface area contributed by atoms with Crippen molar-refractivity contribution >= 4 is 6.29 Å². The van der Waals surface area contributed by atoms with Gasteiger partial charge in [-0.3, -0.25) is 4.79 Å². The van der Waals surface area contributed by atoms with Gasteiger partial charge < -0.3 is 0 Å². The third-order valence-corrected chi connectivity index (χ3v) is 7.48. The monoisotopic (exact) mass is 511 g/mol. The molecule has 0 N–H and O–H groups in total. The van der Waals surface area contributed by atoms with Gasteiger partial charge in [0.2, 0.25) is 0 Å². The van der Waals surface area contributed by atoms with E-state index in [-0.39, 0.29) is 0 Å². The van der Waals surface area contributed by atoms with Crippen LogP contribution in [0.25, 0.3) is 0 Å². The van der Waals surface area contributed by atoms with E-state index in [1.807, 2.05) is 6.29 Å². The molecule has 0 heterocycles. The van der Waals surface area contributed by atoms with E-state index in [0.29, 0.717) is 6.42 Å². The molecule has 0 aromatic carbocycles. The summed E-state index contributed by atoms with van der Waals surface area (Å²) >= 11 is 0. The number of carbonyl (C=O) groups excluding carboxylic acids is 1. The van der Waals surface area contributed by atoms with Crippen LogP contribution in [0.1, 0.15) is 200 Å². The summed E-state index contributed by atoms with van der Waals surface area (Å²) < 4.78 is 0. The van der Waals surface area contributed by atoms with Gasteiger partial charge in [-0.05, 0) is 31.1 Å². The van der Waals surface area contributed by atoms with Crippen molar-refractivity contribution < 1.29 is 4.79 Å². The maximum atomic E-state index is 10.1. The van der Waals surface area contributed by atoms with Crippen LogP contribution in [0, 0.1) is 23.7 Å². The van der Waals surface area contributed by atoms with Crippen molar-refractivity contribution in [2.45, 2.75) is 200 Å². The molecular formula is C36H63O. The molecular weight excluding hydrogens is 448 g/mol. The van der Waals surface area contributed by atoms with E-state index in [1.54, 1.807) is 0 Å². The quantitative estimate of drug-likeness (QED) is 0.0720. The predicted octanol–water partition coefficient (Wildman–Crippen LogP) is 11.8. The smallest absolute Gasteiger partial charge is 0.198 e. The van der Waals surface area contributed by atoms with E-state index in [1.165, 1.54) is 167 Å². The Hall–Kier alpha value is -1.21. The lowest BCUT2D eigenvalue weighted by Gasteiger charge is -2.03. The Balaban J connectivity index is 3.20. The molecule has 1 nitrogen and oxygen atoms in total. The Morgan fingerprint density at radius 3 is 0.838 bits per heavy atom.